The zero-order valence-electron chi connectivity index (χ0n) is 15.3. The number of carbonyl (C=O) groups excluding carboxylic acids is 3. The van der Waals surface area contributed by atoms with Crippen LogP contribution in [0.5, 0.6) is 0 Å². The van der Waals surface area contributed by atoms with Crippen molar-refractivity contribution in [1.29, 1.82) is 0 Å². The van der Waals surface area contributed by atoms with E-state index < -0.39 is 11.6 Å². The fourth-order valence-corrected chi connectivity index (χ4v) is 2.61. The summed E-state index contributed by atoms with van der Waals surface area (Å²) in [6.45, 7) is 6.17. The lowest BCUT2D eigenvalue weighted by Gasteiger charge is -2.30. The maximum Gasteiger partial charge on any atom is 0.243 e. The number of likely N-dealkylation sites (N-methyl/N-ethyl adjacent to an activating group) is 1. The van der Waals surface area contributed by atoms with Crippen molar-refractivity contribution in [3.8, 4) is 0 Å². The van der Waals surface area contributed by atoms with E-state index in [0.717, 1.165) is 16.5 Å². The van der Waals surface area contributed by atoms with Crippen LogP contribution in [-0.2, 0) is 20.8 Å². The third-order valence-electron chi connectivity index (χ3n) is 4.67. The minimum absolute atomic E-state index is 0.142. The highest BCUT2D eigenvalue weighted by atomic mass is 16.2. The minimum Gasteiger partial charge on any atom is -0.361 e. The third-order valence-corrected chi connectivity index (χ3v) is 4.67. The highest BCUT2D eigenvalue weighted by Crippen LogP contribution is 2.21. The first-order chi connectivity index (χ1) is 11.6. The lowest BCUT2D eigenvalue weighted by Crippen LogP contribution is -2.56. The van der Waals surface area contributed by atoms with Gasteiger partial charge in [-0.3, -0.25) is 14.4 Å². The molecule has 1 aromatic carbocycles. The Labute approximate surface area is 147 Å². The molecule has 0 saturated carbocycles. The highest BCUT2D eigenvalue weighted by Gasteiger charge is 2.32. The minimum atomic E-state index is -0.979. The molecule has 0 radical (unpaired) electrons. The average molecular weight is 343 g/mol. The number of carbonyl (C=O) groups is 3. The van der Waals surface area contributed by atoms with Crippen molar-refractivity contribution in [3.05, 3.63) is 36.0 Å². The molecule has 0 spiro atoms. The van der Waals surface area contributed by atoms with Crippen molar-refractivity contribution in [2.24, 2.45) is 0 Å². The summed E-state index contributed by atoms with van der Waals surface area (Å²) in [5, 5.41) is 3.78. The second-order valence-electron chi connectivity index (χ2n) is 6.88. The Morgan fingerprint density at radius 2 is 1.84 bits per heavy atom. The molecule has 1 unspecified atom stereocenters. The molecule has 2 N–H and O–H groups in total. The van der Waals surface area contributed by atoms with Gasteiger partial charge in [-0.15, -0.1) is 0 Å². The van der Waals surface area contributed by atoms with Crippen LogP contribution in [0.2, 0.25) is 0 Å². The van der Waals surface area contributed by atoms with Gasteiger partial charge in [0.2, 0.25) is 11.8 Å². The van der Waals surface area contributed by atoms with Crippen molar-refractivity contribution in [2.45, 2.75) is 45.7 Å². The number of H-pyrrole nitrogens is 1. The molecule has 6 nitrogen and oxygen atoms in total. The van der Waals surface area contributed by atoms with Crippen LogP contribution in [0.15, 0.2) is 30.5 Å². The Kier molecular flexibility index (Phi) is 5.30. The Hall–Kier alpha value is -2.63. The summed E-state index contributed by atoms with van der Waals surface area (Å²) in [5.41, 5.74) is 0.948. The van der Waals surface area contributed by atoms with Gasteiger partial charge in [0, 0.05) is 37.5 Å². The van der Waals surface area contributed by atoms with Crippen molar-refractivity contribution < 1.29 is 14.4 Å². The monoisotopic (exact) mass is 343 g/mol. The van der Waals surface area contributed by atoms with Crippen LogP contribution in [0.25, 0.3) is 10.9 Å². The largest absolute Gasteiger partial charge is 0.361 e. The summed E-state index contributed by atoms with van der Waals surface area (Å²) in [7, 11) is 1.60. The fourth-order valence-electron chi connectivity index (χ4n) is 2.61. The van der Waals surface area contributed by atoms with Gasteiger partial charge in [-0.1, -0.05) is 18.2 Å². The number of rotatable bonds is 6. The molecule has 1 aromatic heterocycles. The van der Waals surface area contributed by atoms with Gasteiger partial charge in [0.1, 0.15) is 6.04 Å². The highest BCUT2D eigenvalue weighted by molar-refractivity contribution is 5.94. The van der Waals surface area contributed by atoms with Gasteiger partial charge >= 0.3 is 0 Å². The number of hydrogen-bond acceptors (Lipinski definition) is 3. The van der Waals surface area contributed by atoms with Gasteiger partial charge in [0.25, 0.3) is 0 Å². The normalized spacial score (nSPS) is 12.7. The van der Waals surface area contributed by atoms with E-state index in [1.807, 2.05) is 30.5 Å². The number of aromatic nitrogens is 1. The molecule has 0 aliphatic rings. The maximum absolute atomic E-state index is 12.8. The number of Topliss-reactive ketones (excluding diaryl/α,β-unsaturated/α-hetero) is 1. The zero-order chi connectivity index (χ0) is 18.8. The predicted octanol–water partition coefficient (Wildman–Crippen LogP) is 2.04. The number of hydrogen-bond donors (Lipinski definition) is 2. The summed E-state index contributed by atoms with van der Waals surface area (Å²) in [4.78, 5) is 41.0. The number of para-hydroxylation sites is 1. The molecule has 6 heteroatoms. The first-order valence-electron chi connectivity index (χ1n) is 8.25. The SMILES string of the molecule is CC(=O)N(C)C(Cc1c[nH]c2ccccc12)C(=O)NC(C)(C)C(C)=O. The quantitative estimate of drug-likeness (QED) is 0.842. The van der Waals surface area contributed by atoms with Gasteiger partial charge in [0.05, 0.1) is 5.54 Å². The fraction of sp³-hybridized carbons (Fsp3) is 0.421. The molecule has 25 heavy (non-hydrogen) atoms. The zero-order valence-corrected chi connectivity index (χ0v) is 15.3. The number of nitrogens with zero attached hydrogens (tertiary/aromatic N) is 1. The molecule has 1 atom stereocenters. The van der Waals surface area contributed by atoms with Crippen LogP contribution in [-0.4, -0.2) is 46.1 Å². The first kappa shape index (κ1) is 18.7. The van der Waals surface area contributed by atoms with Gasteiger partial charge in [-0.25, -0.2) is 0 Å². The Bertz CT molecular complexity index is 807. The van der Waals surface area contributed by atoms with Gasteiger partial charge in [-0.2, -0.15) is 0 Å². The van der Waals surface area contributed by atoms with Crippen LogP contribution in [0, 0.1) is 0 Å². The summed E-state index contributed by atoms with van der Waals surface area (Å²) in [5.74, 6) is -0.694. The molecule has 0 saturated heterocycles. The lowest BCUT2D eigenvalue weighted by molar-refractivity contribution is -0.139. The molecular weight excluding hydrogens is 318 g/mol. The topological polar surface area (TPSA) is 82.3 Å². The third kappa shape index (κ3) is 4.07. The van der Waals surface area contributed by atoms with E-state index in [1.165, 1.54) is 18.7 Å². The second-order valence-corrected chi connectivity index (χ2v) is 6.88. The van der Waals surface area contributed by atoms with E-state index >= 15 is 0 Å². The number of amides is 2. The summed E-state index contributed by atoms with van der Waals surface area (Å²) < 4.78 is 0. The number of fused-ring (bicyclic) bond motifs is 1. The molecule has 0 aliphatic heterocycles. The summed E-state index contributed by atoms with van der Waals surface area (Å²) in [6.07, 6.45) is 2.22. The van der Waals surface area contributed by atoms with E-state index in [4.69, 9.17) is 0 Å². The number of ketones is 1. The first-order valence-corrected chi connectivity index (χ1v) is 8.25. The van der Waals surface area contributed by atoms with Crippen LogP contribution in [0.4, 0.5) is 0 Å². The van der Waals surface area contributed by atoms with E-state index in [0.29, 0.717) is 6.42 Å². The Balaban J connectivity index is 2.32. The standard InChI is InChI=1S/C19H25N3O3/c1-12(23)19(3,4)21-18(25)17(22(5)13(2)24)10-14-11-20-16-9-7-6-8-15(14)16/h6-9,11,17,20H,10H2,1-5H3,(H,21,25). The second kappa shape index (κ2) is 7.09. The van der Waals surface area contributed by atoms with Gasteiger partial charge in [0.15, 0.2) is 5.78 Å². The Morgan fingerprint density at radius 1 is 1.20 bits per heavy atom. The van der Waals surface area contributed by atoms with E-state index in [1.54, 1.807) is 20.9 Å². The van der Waals surface area contributed by atoms with Crippen LogP contribution in [0.1, 0.15) is 33.3 Å². The van der Waals surface area contributed by atoms with Gasteiger partial charge in [-0.05, 0) is 32.4 Å². The van der Waals surface area contributed by atoms with Crippen LogP contribution >= 0.6 is 0 Å². The van der Waals surface area contributed by atoms with Crippen molar-refractivity contribution in [1.82, 2.24) is 15.2 Å². The molecule has 2 amide bonds. The average Bonchev–Trinajstić information content (AvgIpc) is 2.94. The predicted molar refractivity (Wildman–Crippen MR) is 97.1 cm³/mol. The number of aromatic amines is 1. The van der Waals surface area contributed by atoms with Crippen LogP contribution < -0.4 is 5.32 Å². The van der Waals surface area contributed by atoms with Crippen molar-refractivity contribution in [3.63, 3.8) is 0 Å². The van der Waals surface area contributed by atoms with E-state index in [9.17, 15) is 14.4 Å². The molecule has 1 heterocycles. The van der Waals surface area contributed by atoms with Crippen molar-refractivity contribution >= 4 is 28.5 Å². The molecule has 2 rings (SSSR count). The molecule has 134 valence electrons. The van der Waals surface area contributed by atoms with Gasteiger partial charge < -0.3 is 15.2 Å². The smallest absolute Gasteiger partial charge is 0.243 e. The number of nitrogens with one attached hydrogen (secondary N) is 2. The lowest BCUT2D eigenvalue weighted by atomic mass is 9.98. The van der Waals surface area contributed by atoms with Crippen LogP contribution in [0.3, 0.4) is 0 Å². The maximum atomic E-state index is 12.8. The molecule has 0 fully saturated rings. The molecule has 0 aliphatic carbocycles. The summed E-state index contributed by atoms with van der Waals surface area (Å²) >= 11 is 0. The summed E-state index contributed by atoms with van der Waals surface area (Å²) in [6, 6.07) is 7.10. The Morgan fingerprint density at radius 3 is 2.44 bits per heavy atom. The van der Waals surface area contributed by atoms with E-state index in [2.05, 4.69) is 10.3 Å². The molecular formula is C19H25N3O3. The van der Waals surface area contributed by atoms with E-state index in [-0.39, 0.29) is 17.6 Å². The molecule has 2 aromatic rings. The van der Waals surface area contributed by atoms with Crippen molar-refractivity contribution in [2.75, 3.05) is 7.05 Å². The molecule has 0 bridgehead atoms. The number of benzene rings is 1.